The lowest BCUT2D eigenvalue weighted by molar-refractivity contribution is 0.0982. The molecule has 0 aromatic heterocycles. The smallest absolute Gasteiger partial charge is 0.162 e. The van der Waals surface area contributed by atoms with Gasteiger partial charge in [-0.25, -0.2) is 0 Å². The Morgan fingerprint density at radius 2 is 1.69 bits per heavy atom. The van der Waals surface area contributed by atoms with Crippen molar-refractivity contribution in [1.82, 2.24) is 0 Å². The lowest BCUT2D eigenvalue weighted by atomic mass is 10.00. The Morgan fingerprint density at radius 3 is 2.50 bits per heavy atom. The Labute approximate surface area is 160 Å². The summed E-state index contributed by atoms with van der Waals surface area (Å²) in [4.78, 5) is 14.8. The molecule has 1 nitrogen and oxygen atoms in total. The minimum Gasteiger partial charge on any atom is -0.294 e. The predicted molar refractivity (Wildman–Crippen MR) is 111 cm³/mol. The number of hydrogen-bond acceptors (Lipinski definition) is 2. The molecule has 0 heterocycles. The molecule has 0 aliphatic heterocycles. The molecule has 2 heteroatoms. The normalized spacial score (nSPS) is 10.7. The van der Waals surface area contributed by atoms with Gasteiger partial charge in [0, 0.05) is 21.8 Å². The molecule has 0 saturated carbocycles. The van der Waals surface area contributed by atoms with Crippen molar-refractivity contribution in [2.24, 2.45) is 0 Å². The first-order valence-corrected chi connectivity index (χ1v) is 9.88. The summed E-state index contributed by atoms with van der Waals surface area (Å²) in [5, 5.41) is 0. The molecule has 0 radical (unpaired) electrons. The second-order valence-corrected chi connectivity index (χ2v) is 7.70. The molecule has 0 aliphatic carbocycles. The van der Waals surface area contributed by atoms with Crippen molar-refractivity contribution in [3.63, 3.8) is 0 Å². The van der Waals surface area contributed by atoms with E-state index in [4.69, 9.17) is 0 Å². The maximum Gasteiger partial charge on any atom is 0.162 e. The summed E-state index contributed by atoms with van der Waals surface area (Å²) < 4.78 is 0. The topological polar surface area (TPSA) is 17.1 Å². The summed E-state index contributed by atoms with van der Waals surface area (Å²) in [6, 6.07) is 23.0. The van der Waals surface area contributed by atoms with Crippen molar-refractivity contribution in [1.29, 1.82) is 0 Å². The van der Waals surface area contributed by atoms with E-state index < -0.39 is 0 Å². The zero-order valence-corrected chi connectivity index (χ0v) is 16.4. The lowest BCUT2D eigenvalue weighted by Crippen LogP contribution is -1.98. The second-order valence-electron chi connectivity index (χ2n) is 6.62. The number of aryl methyl sites for hydroxylation is 2. The van der Waals surface area contributed by atoms with Crippen LogP contribution in [-0.2, 0) is 0 Å². The summed E-state index contributed by atoms with van der Waals surface area (Å²) >= 11 is 1.79. The van der Waals surface area contributed by atoms with E-state index in [-0.39, 0.29) is 5.78 Å². The van der Waals surface area contributed by atoms with Gasteiger partial charge in [-0.05, 0) is 60.7 Å². The van der Waals surface area contributed by atoms with Crippen LogP contribution >= 0.6 is 11.8 Å². The molecule has 0 aliphatic rings. The van der Waals surface area contributed by atoms with Crippen LogP contribution in [0, 0.1) is 13.8 Å². The fraction of sp³-hybridized carbons (Fsp3) is 0.208. The second kappa shape index (κ2) is 8.37. The molecular weight excluding hydrogens is 336 g/mol. The first-order chi connectivity index (χ1) is 12.6. The lowest BCUT2D eigenvalue weighted by Gasteiger charge is -2.12. The molecule has 0 atom stereocenters. The monoisotopic (exact) mass is 360 g/mol. The van der Waals surface area contributed by atoms with Gasteiger partial charge in [-0.3, -0.25) is 4.79 Å². The van der Waals surface area contributed by atoms with E-state index in [1.54, 1.807) is 11.8 Å². The van der Waals surface area contributed by atoms with E-state index in [1.807, 2.05) is 25.1 Å². The molecule has 132 valence electrons. The van der Waals surface area contributed by atoms with Crippen LogP contribution in [-0.4, -0.2) is 5.78 Å². The van der Waals surface area contributed by atoms with E-state index >= 15 is 0 Å². The molecule has 0 unspecified atom stereocenters. The average molecular weight is 361 g/mol. The Hall–Kier alpha value is -2.32. The highest BCUT2D eigenvalue weighted by Gasteiger charge is 2.11. The number of rotatable bonds is 6. The molecule has 3 aromatic carbocycles. The average Bonchev–Trinajstić information content (AvgIpc) is 2.65. The Kier molecular flexibility index (Phi) is 5.95. The maximum atomic E-state index is 12.3. The summed E-state index contributed by atoms with van der Waals surface area (Å²) in [6.07, 6.45) is 1.48. The van der Waals surface area contributed by atoms with E-state index in [9.17, 15) is 4.79 Å². The minimum atomic E-state index is 0.217. The van der Waals surface area contributed by atoms with E-state index in [2.05, 4.69) is 62.4 Å². The van der Waals surface area contributed by atoms with Gasteiger partial charge in [0.2, 0.25) is 0 Å². The Morgan fingerprint density at radius 1 is 0.885 bits per heavy atom. The van der Waals surface area contributed by atoms with Crippen molar-refractivity contribution >= 4 is 17.5 Å². The van der Waals surface area contributed by atoms with Gasteiger partial charge in [0.1, 0.15) is 0 Å². The van der Waals surface area contributed by atoms with Crippen molar-refractivity contribution in [2.45, 2.75) is 43.4 Å². The molecule has 3 aromatic rings. The van der Waals surface area contributed by atoms with Crippen molar-refractivity contribution in [3.05, 3.63) is 83.4 Å². The predicted octanol–water partition coefficient (Wildman–Crippen LogP) is 7.10. The summed E-state index contributed by atoms with van der Waals surface area (Å²) in [5.41, 5.74) is 5.62. The summed E-state index contributed by atoms with van der Waals surface area (Å²) in [5.74, 6) is 0.217. The molecule has 0 fully saturated rings. The van der Waals surface area contributed by atoms with Crippen LogP contribution < -0.4 is 0 Å². The maximum absolute atomic E-state index is 12.3. The number of benzene rings is 3. The molecule has 0 spiro atoms. The van der Waals surface area contributed by atoms with Gasteiger partial charge in [-0.2, -0.15) is 0 Å². The first kappa shape index (κ1) is 18.5. The number of hydrogen-bond donors (Lipinski definition) is 0. The van der Waals surface area contributed by atoms with Crippen LogP contribution in [0.5, 0.6) is 0 Å². The fourth-order valence-corrected chi connectivity index (χ4v) is 4.11. The van der Waals surface area contributed by atoms with Crippen LogP contribution in [0.25, 0.3) is 11.1 Å². The van der Waals surface area contributed by atoms with Crippen molar-refractivity contribution in [3.8, 4) is 11.1 Å². The van der Waals surface area contributed by atoms with Gasteiger partial charge in [0.15, 0.2) is 5.78 Å². The quantitative estimate of drug-likeness (QED) is 0.436. The zero-order chi connectivity index (χ0) is 18.5. The van der Waals surface area contributed by atoms with Crippen LogP contribution in [0.15, 0.2) is 76.5 Å². The third-order valence-corrected chi connectivity index (χ3v) is 5.66. The van der Waals surface area contributed by atoms with Crippen molar-refractivity contribution < 1.29 is 4.79 Å². The van der Waals surface area contributed by atoms with Gasteiger partial charge < -0.3 is 0 Å². The SMILES string of the molecule is CCCC(=O)c1cccc(-c2ccccc2Sc2cc(C)ccc2C)c1. The standard InChI is InChI=1S/C24H24OS/c1-4-8-22(25)20-10-7-9-19(16-20)21-11-5-6-12-23(21)26-24-15-17(2)13-14-18(24)3/h5-7,9-16H,4,8H2,1-3H3. The zero-order valence-electron chi connectivity index (χ0n) is 15.6. The van der Waals surface area contributed by atoms with Crippen LogP contribution in [0.4, 0.5) is 0 Å². The van der Waals surface area contributed by atoms with E-state index in [0.29, 0.717) is 6.42 Å². The minimum absolute atomic E-state index is 0.217. The van der Waals surface area contributed by atoms with Crippen LogP contribution in [0.1, 0.15) is 41.3 Å². The highest BCUT2D eigenvalue weighted by molar-refractivity contribution is 7.99. The molecule has 0 bridgehead atoms. The molecule has 3 rings (SSSR count). The third kappa shape index (κ3) is 4.25. The Bertz CT molecular complexity index is 927. The van der Waals surface area contributed by atoms with E-state index in [1.165, 1.54) is 26.5 Å². The molecule has 26 heavy (non-hydrogen) atoms. The number of carbonyl (C=O) groups excluding carboxylic acids is 1. The van der Waals surface area contributed by atoms with Crippen LogP contribution in [0.3, 0.4) is 0 Å². The fourth-order valence-electron chi connectivity index (χ4n) is 2.96. The van der Waals surface area contributed by atoms with Gasteiger partial charge in [0.25, 0.3) is 0 Å². The molecule has 0 N–H and O–H groups in total. The number of carbonyl (C=O) groups is 1. The third-order valence-electron chi connectivity index (χ3n) is 4.42. The van der Waals surface area contributed by atoms with Gasteiger partial charge in [-0.15, -0.1) is 0 Å². The highest BCUT2D eigenvalue weighted by atomic mass is 32.2. The van der Waals surface area contributed by atoms with Gasteiger partial charge in [0.05, 0.1) is 0 Å². The summed E-state index contributed by atoms with van der Waals surface area (Å²) in [6.45, 7) is 6.31. The molecule has 0 saturated heterocycles. The highest BCUT2D eigenvalue weighted by Crippen LogP contribution is 2.37. The first-order valence-electron chi connectivity index (χ1n) is 9.06. The summed E-state index contributed by atoms with van der Waals surface area (Å²) in [7, 11) is 0. The largest absolute Gasteiger partial charge is 0.294 e. The van der Waals surface area contributed by atoms with Crippen LogP contribution in [0.2, 0.25) is 0 Å². The van der Waals surface area contributed by atoms with Crippen molar-refractivity contribution in [2.75, 3.05) is 0 Å². The van der Waals surface area contributed by atoms with Gasteiger partial charge in [-0.1, -0.05) is 67.2 Å². The molecule has 0 amide bonds. The number of ketones is 1. The van der Waals surface area contributed by atoms with E-state index in [0.717, 1.165) is 17.5 Å². The van der Waals surface area contributed by atoms with Gasteiger partial charge >= 0.3 is 0 Å². The molecular formula is C24H24OS. The Balaban J connectivity index is 1.99. The number of Topliss-reactive ketones (excluding diaryl/α,β-unsaturated/α-hetero) is 1.